The van der Waals surface area contributed by atoms with Crippen molar-refractivity contribution in [2.24, 2.45) is 0 Å². The number of pyridine rings is 2. The van der Waals surface area contributed by atoms with Crippen LogP contribution in [-0.4, -0.2) is 30.1 Å². The maximum atomic E-state index is 12.8. The highest BCUT2D eigenvalue weighted by atomic mass is 35.5. The van der Waals surface area contributed by atoms with Gasteiger partial charge in [0, 0.05) is 42.7 Å². The lowest BCUT2D eigenvalue weighted by Gasteiger charge is -2.16. The third-order valence-corrected chi connectivity index (χ3v) is 4.85. The van der Waals surface area contributed by atoms with Gasteiger partial charge in [-0.05, 0) is 35.6 Å². The second-order valence-electron chi connectivity index (χ2n) is 6.55. The molecule has 0 unspecified atom stereocenters. The van der Waals surface area contributed by atoms with Crippen LogP contribution < -0.4 is 15.0 Å². The third-order valence-electron chi connectivity index (χ3n) is 4.85. The van der Waals surface area contributed by atoms with E-state index >= 15 is 0 Å². The molecular weight excluding hydrogens is 392 g/mol. The molecule has 2 aromatic heterocycles. The van der Waals surface area contributed by atoms with Crippen LogP contribution in [0, 0.1) is 0 Å². The van der Waals surface area contributed by atoms with E-state index in [-0.39, 0.29) is 24.4 Å². The number of methoxy groups -OCH3 is 2. The van der Waals surface area contributed by atoms with Gasteiger partial charge in [0.2, 0.25) is 0 Å². The van der Waals surface area contributed by atoms with E-state index in [4.69, 9.17) is 9.47 Å². The van der Waals surface area contributed by atoms with E-state index in [2.05, 4.69) is 11.9 Å². The topological polar surface area (TPSA) is 70.4 Å². The summed E-state index contributed by atoms with van der Waals surface area (Å²) in [5, 5.41) is 1.39. The van der Waals surface area contributed by atoms with Crippen LogP contribution >= 0.6 is 12.4 Å². The Bertz CT molecular complexity index is 1040. The van der Waals surface area contributed by atoms with E-state index in [1.165, 1.54) is 0 Å². The predicted octanol–water partition coefficient (Wildman–Crippen LogP) is 4.04. The summed E-state index contributed by atoms with van der Waals surface area (Å²) in [4.78, 5) is 28.0. The molecular formula is C22H25ClN2O4. The smallest absolute Gasteiger partial charge is 0.260 e. The summed E-state index contributed by atoms with van der Waals surface area (Å²) in [5.74, 6) is 1.16. The number of nitrogens with zero attached hydrogens (tertiary/aromatic N) is 2. The molecule has 3 rings (SSSR count). The van der Waals surface area contributed by atoms with Gasteiger partial charge in [-0.15, -0.1) is 12.4 Å². The molecule has 0 amide bonds. The molecule has 2 heterocycles. The van der Waals surface area contributed by atoms with Crippen molar-refractivity contribution in [1.29, 1.82) is 0 Å². The van der Waals surface area contributed by atoms with Crippen molar-refractivity contribution in [1.82, 2.24) is 9.55 Å². The Morgan fingerprint density at radius 1 is 1.14 bits per heavy atom. The maximum absolute atomic E-state index is 12.8. The summed E-state index contributed by atoms with van der Waals surface area (Å²) >= 11 is 0. The quantitative estimate of drug-likeness (QED) is 0.518. The number of ether oxygens (including phenoxy) is 2. The molecule has 6 nitrogen and oxygen atoms in total. The minimum absolute atomic E-state index is 0. The fourth-order valence-corrected chi connectivity index (χ4v) is 3.39. The van der Waals surface area contributed by atoms with Crippen molar-refractivity contribution < 1.29 is 14.3 Å². The zero-order valence-electron chi connectivity index (χ0n) is 16.8. The Balaban J connectivity index is 0.00000300. The average molecular weight is 417 g/mol. The standard InChI is InChI=1S/C22H24N2O4.ClH/c1-4-5-9-24-14-19(16-6-8-23-13-18(16)22(24)26)15-11-20(27-2)17(7-10-25)21(12-15)28-3;/h6,8,10-14H,4-5,7,9H2,1-3H3;1H. The summed E-state index contributed by atoms with van der Waals surface area (Å²) in [5.41, 5.74) is 2.40. The number of aromatic nitrogens is 2. The molecule has 0 saturated carbocycles. The van der Waals surface area contributed by atoms with Gasteiger partial charge >= 0.3 is 0 Å². The molecule has 0 atom stereocenters. The summed E-state index contributed by atoms with van der Waals surface area (Å²) in [6.07, 6.45) is 8.11. The van der Waals surface area contributed by atoms with Gasteiger partial charge in [-0.1, -0.05) is 13.3 Å². The van der Waals surface area contributed by atoms with Crippen LogP contribution in [0.2, 0.25) is 0 Å². The van der Waals surface area contributed by atoms with Crippen molar-refractivity contribution in [2.75, 3.05) is 14.2 Å². The van der Waals surface area contributed by atoms with E-state index in [1.54, 1.807) is 31.2 Å². The number of hydrogen-bond acceptors (Lipinski definition) is 5. The van der Waals surface area contributed by atoms with Crippen LogP contribution in [0.1, 0.15) is 25.3 Å². The van der Waals surface area contributed by atoms with Crippen LogP contribution in [0.15, 0.2) is 41.6 Å². The first-order valence-electron chi connectivity index (χ1n) is 9.30. The molecule has 0 aliphatic carbocycles. The van der Waals surface area contributed by atoms with Gasteiger partial charge in [0.15, 0.2) is 0 Å². The molecule has 0 fully saturated rings. The zero-order valence-corrected chi connectivity index (χ0v) is 17.6. The van der Waals surface area contributed by atoms with Crippen molar-refractivity contribution in [3.05, 3.63) is 52.7 Å². The Hall–Kier alpha value is -2.86. The van der Waals surface area contributed by atoms with Gasteiger partial charge in [0.25, 0.3) is 5.56 Å². The van der Waals surface area contributed by atoms with Crippen molar-refractivity contribution in [3.8, 4) is 22.6 Å². The fraction of sp³-hybridized carbons (Fsp3) is 0.318. The largest absolute Gasteiger partial charge is 0.496 e. The van der Waals surface area contributed by atoms with Gasteiger partial charge in [0.1, 0.15) is 17.8 Å². The monoisotopic (exact) mass is 416 g/mol. The minimum Gasteiger partial charge on any atom is -0.496 e. The van der Waals surface area contributed by atoms with Gasteiger partial charge in [-0.3, -0.25) is 9.78 Å². The van der Waals surface area contributed by atoms with Crippen LogP contribution in [0.25, 0.3) is 21.9 Å². The van der Waals surface area contributed by atoms with E-state index in [1.807, 2.05) is 24.4 Å². The number of unbranched alkanes of at least 4 members (excludes halogenated alkanes) is 1. The molecule has 0 spiro atoms. The second kappa shape index (κ2) is 10.1. The van der Waals surface area contributed by atoms with Crippen LogP contribution in [-0.2, 0) is 17.8 Å². The van der Waals surface area contributed by atoms with E-state index in [0.717, 1.165) is 35.6 Å². The predicted molar refractivity (Wildman–Crippen MR) is 116 cm³/mol. The molecule has 29 heavy (non-hydrogen) atoms. The zero-order chi connectivity index (χ0) is 20.1. The Kier molecular flexibility index (Phi) is 7.79. The molecule has 0 aliphatic rings. The first-order chi connectivity index (χ1) is 13.6. The fourth-order valence-electron chi connectivity index (χ4n) is 3.39. The van der Waals surface area contributed by atoms with E-state index < -0.39 is 0 Å². The van der Waals surface area contributed by atoms with Crippen molar-refractivity contribution in [2.45, 2.75) is 32.7 Å². The average Bonchev–Trinajstić information content (AvgIpc) is 2.73. The summed E-state index contributed by atoms with van der Waals surface area (Å²) in [6, 6.07) is 5.60. The van der Waals surface area contributed by atoms with E-state index in [9.17, 15) is 9.59 Å². The first-order valence-corrected chi connectivity index (χ1v) is 9.30. The second-order valence-corrected chi connectivity index (χ2v) is 6.55. The van der Waals surface area contributed by atoms with Gasteiger partial charge in [-0.25, -0.2) is 0 Å². The van der Waals surface area contributed by atoms with Gasteiger partial charge in [-0.2, -0.15) is 0 Å². The Morgan fingerprint density at radius 2 is 1.83 bits per heavy atom. The number of hydrogen-bond donors (Lipinski definition) is 0. The molecule has 7 heteroatoms. The molecule has 0 aliphatic heterocycles. The lowest BCUT2D eigenvalue weighted by molar-refractivity contribution is -0.107. The minimum atomic E-state index is -0.0446. The Labute approximate surface area is 175 Å². The number of aldehydes is 1. The number of carbonyl (C=O) groups excluding carboxylic acids is 1. The molecule has 0 saturated heterocycles. The molecule has 1 aromatic carbocycles. The summed E-state index contributed by atoms with van der Waals surface area (Å²) in [7, 11) is 3.13. The highest BCUT2D eigenvalue weighted by Gasteiger charge is 2.16. The number of benzene rings is 1. The third kappa shape index (κ3) is 4.43. The number of fused-ring (bicyclic) bond motifs is 1. The number of halogens is 1. The summed E-state index contributed by atoms with van der Waals surface area (Å²) < 4.78 is 12.8. The van der Waals surface area contributed by atoms with Crippen molar-refractivity contribution in [3.63, 3.8) is 0 Å². The molecule has 0 bridgehead atoms. The lowest BCUT2D eigenvalue weighted by Crippen LogP contribution is -2.20. The summed E-state index contributed by atoms with van der Waals surface area (Å²) in [6.45, 7) is 2.74. The number of carbonyl (C=O) groups is 1. The highest BCUT2D eigenvalue weighted by Crippen LogP contribution is 2.37. The first kappa shape index (κ1) is 22.4. The van der Waals surface area contributed by atoms with E-state index in [0.29, 0.717) is 29.0 Å². The highest BCUT2D eigenvalue weighted by molar-refractivity contribution is 5.96. The number of aryl methyl sites for hydroxylation is 1. The normalized spacial score (nSPS) is 10.4. The van der Waals surface area contributed by atoms with Crippen LogP contribution in [0.5, 0.6) is 11.5 Å². The lowest BCUT2D eigenvalue weighted by atomic mass is 9.98. The number of rotatable bonds is 8. The van der Waals surface area contributed by atoms with Crippen molar-refractivity contribution >= 4 is 29.5 Å². The van der Waals surface area contributed by atoms with Gasteiger partial charge in [0.05, 0.1) is 19.6 Å². The molecule has 0 radical (unpaired) electrons. The molecule has 154 valence electrons. The van der Waals surface area contributed by atoms with Crippen LogP contribution in [0.3, 0.4) is 0 Å². The van der Waals surface area contributed by atoms with Gasteiger partial charge < -0.3 is 18.8 Å². The SMILES string of the molecule is CCCCn1cc(-c2cc(OC)c(CC=O)c(OC)c2)c2ccncc2c1=O.Cl. The maximum Gasteiger partial charge on any atom is 0.260 e. The Morgan fingerprint density at radius 3 is 2.41 bits per heavy atom. The molecule has 0 N–H and O–H groups in total. The molecule has 3 aromatic rings. The van der Waals surface area contributed by atoms with Crippen LogP contribution in [0.4, 0.5) is 0 Å².